The number of hydrogen-bond acceptors (Lipinski definition) is 5. The van der Waals surface area contributed by atoms with E-state index in [0.29, 0.717) is 11.4 Å². The zero-order valence-corrected chi connectivity index (χ0v) is 17.8. The van der Waals surface area contributed by atoms with E-state index in [1.165, 1.54) is 18.3 Å². The number of pyridine rings is 1. The molecule has 0 aliphatic carbocycles. The van der Waals surface area contributed by atoms with E-state index in [0.717, 1.165) is 44.0 Å². The van der Waals surface area contributed by atoms with Gasteiger partial charge in [0.2, 0.25) is 0 Å². The molecule has 1 atom stereocenters. The highest BCUT2D eigenvalue weighted by molar-refractivity contribution is 5.94. The molecule has 0 radical (unpaired) electrons. The standard InChI is InChI=1S/C23H27FN6O/c1-3-28-11-13-29(14-12-28)21-7-6-19(24)15-20(21)17(2)27-23(31)18-5-8-22(25-16-18)30-10-4-9-26-30/h4-10,15-17H,3,11-14H2,1-2H3,(H,27,31). The monoisotopic (exact) mass is 422 g/mol. The Hall–Kier alpha value is -3.26. The van der Waals surface area contributed by atoms with Gasteiger partial charge >= 0.3 is 0 Å². The quantitative estimate of drug-likeness (QED) is 0.662. The largest absolute Gasteiger partial charge is 0.369 e. The molecule has 1 N–H and O–H groups in total. The Morgan fingerprint density at radius 2 is 2.00 bits per heavy atom. The SMILES string of the molecule is CCN1CCN(c2ccc(F)cc2C(C)NC(=O)c2ccc(-n3cccn3)nc2)CC1. The van der Waals surface area contributed by atoms with Crippen LogP contribution in [0.2, 0.25) is 0 Å². The van der Waals surface area contributed by atoms with Gasteiger partial charge in [-0.2, -0.15) is 5.10 Å². The molecule has 1 amide bonds. The lowest BCUT2D eigenvalue weighted by Gasteiger charge is -2.37. The third-order valence-corrected chi connectivity index (χ3v) is 5.71. The normalized spacial score (nSPS) is 15.6. The Morgan fingerprint density at radius 3 is 2.65 bits per heavy atom. The maximum atomic E-state index is 14.1. The first-order valence-electron chi connectivity index (χ1n) is 10.6. The summed E-state index contributed by atoms with van der Waals surface area (Å²) in [5.74, 6) is 0.0727. The summed E-state index contributed by atoms with van der Waals surface area (Å²) in [7, 11) is 0. The van der Waals surface area contributed by atoms with Gasteiger partial charge in [-0.3, -0.25) is 4.79 Å². The number of aromatic nitrogens is 3. The van der Waals surface area contributed by atoms with Gasteiger partial charge in [0, 0.05) is 56.0 Å². The minimum Gasteiger partial charge on any atom is -0.369 e. The number of rotatable bonds is 6. The van der Waals surface area contributed by atoms with Crippen molar-refractivity contribution in [3.05, 3.63) is 71.9 Å². The van der Waals surface area contributed by atoms with Gasteiger partial charge in [-0.1, -0.05) is 6.92 Å². The summed E-state index contributed by atoms with van der Waals surface area (Å²) in [6.07, 6.45) is 4.98. The molecule has 0 spiro atoms. The fraction of sp³-hybridized carbons (Fsp3) is 0.348. The summed E-state index contributed by atoms with van der Waals surface area (Å²) in [6.45, 7) is 8.78. The molecule has 0 saturated carbocycles. The van der Waals surface area contributed by atoms with Crippen molar-refractivity contribution >= 4 is 11.6 Å². The molecule has 31 heavy (non-hydrogen) atoms. The van der Waals surface area contributed by atoms with Gasteiger partial charge in [0.25, 0.3) is 5.91 Å². The van der Waals surface area contributed by atoms with Crippen molar-refractivity contribution in [1.82, 2.24) is 25.0 Å². The minimum atomic E-state index is -0.354. The minimum absolute atomic E-state index is 0.252. The Morgan fingerprint density at radius 1 is 1.19 bits per heavy atom. The van der Waals surface area contributed by atoms with Crippen LogP contribution in [-0.2, 0) is 0 Å². The number of nitrogens with zero attached hydrogens (tertiary/aromatic N) is 5. The molecule has 1 saturated heterocycles. The van der Waals surface area contributed by atoms with Crippen LogP contribution < -0.4 is 10.2 Å². The van der Waals surface area contributed by atoms with Crippen molar-refractivity contribution in [3.8, 4) is 5.82 Å². The molecule has 2 aromatic heterocycles. The predicted molar refractivity (Wildman–Crippen MR) is 118 cm³/mol. The van der Waals surface area contributed by atoms with Crippen LogP contribution in [-0.4, -0.2) is 58.3 Å². The Labute approximate surface area is 181 Å². The lowest BCUT2D eigenvalue weighted by Crippen LogP contribution is -2.46. The lowest BCUT2D eigenvalue weighted by molar-refractivity contribution is 0.0939. The summed E-state index contributed by atoms with van der Waals surface area (Å²) in [5, 5.41) is 7.12. The molecule has 1 aliphatic rings. The summed E-state index contributed by atoms with van der Waals surface area (Å²) in [6, 6.07) is 9.73. The average Bonchev–Trinajstić information content (AvgIpc) is 3.34. The first-order valence-corrected chi connectivity index (χ1v) is 10.6. The molecule has 1 unspecified atom stereocenters. The van der Waals surface area contributed by atoms with Crippen LogP contribution in [0, 0.1) is 5.82 Å². The Balaban J connectivity index is 1.48. The fourth-order valence-electron chi connectivity index (χ4n) is 3.88. The lowest BCUT2D eigenvalue weighted by atomic mass is 10.0. The van der Waals surface area contributed by atoms with Gasteiger partial charge in [-0.25, -0.2) is 14.1 Å². The number of nitrogens with one attached hydrogen (secondary N) is 1. The van der Waals surface area contributed by atoms with Crippen molar-refractivity contribution in [3.63, 3.8) is 0 Å². The van der Waals surface area contributed by atoms with Crippen molar-refractivity contribution in [2.45, 2.75) is 19.9 Å². The summed E-state index contributed by atoms with van der Waals surface area (Å²) >= 11 is 0. The number of carbonyl (C=O) groups is 1. The van der Waals surface area contributed by atoms with E-state index in [4.69, 9.17) is 0 Å². The number of hydrogen-bond donors (Lipinski definition) is 1. The third-order valence-electron chi connectivity index (χ3n) is 5.71. The van der Waals surface area contributed by atoms with Gasteiger partial charge in [-0.05, 0) is 49.9 Å². The number of amides is 1. The zero-order valence-electron chi connectivity index (χ0n) is 17.8. The Bertz CT molecular complexity index is 1010. The van der Waals surface area contributed by atoms with Gasteiger partial charge in [0.15, 0.2) is 5.82 Å². The number of benzene rings is 1. The van der Waals surface area contributed by atoms with Crippen LogP contribution in [0.4, 0.5) is 10.1 Å². The molecule has 1 aromatic carbocycles. The zero-order chi connectivity index (χ0) is 21.8. The van der Waals surface area contributed by atoms with E-state index in [2.05, 4.69) is 32.1 Å². The summed E-state index contributed by atoms with van der Waals surface area (Å²) in [5.41, 5.74) is 2.19. The van der Waals surface area contributed by atoms with Crippen LogP contribution in [0.3, 0.4) is 0 Å². The highest BCUT2D eigenvalue weighted by Gasteiger charge is 2.22. The van der Waals surface area contributed by atoms with Crippen LogP contribution in [0.25, 0.3) is 5.82 Å². The molecule has 4 rings (SSSR count). The molecular weight excluding hydrogens is 395 g/mol. The van der Waals surface area contributed by atoms with E-state index in [1.54, 1.807) is 29.2 Å². The van der Waals surface area contributed by atoms with E-state index < -0.39 is 0 Å². The molecule has 7 nitrogen and oxygen atoms in total. The molecule has 3 aromatic rings. The van der Waals surface area contributed by atoms with Gasteiger partial charge in [0.1, 0.15) is 5.82 Å². The van der Waals surface area contributed by atoms with Crippen molar-refractivity contribution in [1.29, 1.82) is 0 Å². The average molecular weight is 423 g/mol. The van der Waals surface area contributed by atoms with Crippen LogP contribution in [0.5, 0.6) is 0 Å². The number of likely N-dealkylation sites (N-methyl/N-ethyl adjacent to an activating group) is 1. The van der Waals surface area contributed by atoms with E-state index in [-0.39, 0.29) is 17.8 Å². The molecular formula is C23H27FN6O. The van der Waals surface area contributed by atoms with E-state index >= 15 is 0 Å². The molecule has 1 aliphatic heterocycles. The maximum Gasteiger partial charge on any atom is 0.253 e. The smallest absolute Gasteiger partial charge is 0.253 e. The fourth-order valence-corrected chi connectivity index (χ4v) is 3.88. The molecule has 162 valence electrons. The van der Waals surface area contributed by atoms with Crippen molar-refractivity contribution in [2.24, 2.45) is 0 Å². The van der Waals surface area contributed by atoms with Crippen molar-refractivity contribution in [2.75, 3.05) is 37.6 Å². The maximum absolute atomic E-state index is 14.1. The van der Waals surface area contributed by atoms with Gasteiger partial charge < -0.3 is 15.1 Å². The molecule has 0 bridgehead atoms. The summed E-state index contributed by atoms with van der Waals surface area (Å²) in [4.78, 5) is 21.8. The van der Waals surface area contributed by atoms with Crippen LogP contribution in [0.15, 0.2) is 55.0 Å². The highest BCUT2D eigenvalue weighted by atomic mass is 19.1. The predicted octanol–water partition coefficient (Wildman–Crippen LogP) is 3.04. The second-order valence-corrected chi connectivity index (χ2v) is 7.68. The second-order valence-electron chi connectivity index (χ2n) is 7.68. The number of anilines is 1. The number of halogens is 1. The van der Waals surface area contributed by atoms with Gasteiger partial charge in [-0.15, -0.1) is 0 Å². The first kappa shape index (κ1) is 21.0. The molecule has 8 heteroatoms. The van der Waals surface area contributed by atoms with Crippen LogP contribution in [0.1, 0.15) is 35.8 Å². The second kappa shape index (κ2) is 9.26. The topological polar surface area (TPSA) is 66.3 Å². The van der Waals surface area contributed by atoms with E-state index in [9.17, 15) is 9.18 Å². The van der Waals surface area contributed by atoms with E-state index in [1.807, 2.05) is 19.1 Å². The molecule has 1 fully saturated rings. The number of carbonyl (C=O) groups excluding carboxylic acids is 1. The summed E-state index contributed by atoms with van der Waals surface area (Å²) < 4.78 is 15.7. The number of piperazine rings is 1. The van der Waals surface area contributed by atoms with Crippen molar-refractivity contribution < 1.29 is 9.18 Å². The molecule has 3 heterocycles. The highest BCUT2D eigenvalue weighted by Crippen LogP contribution is 2.28. The Kier molecular flexibility index (Phi) is 6.27. The first-order chi connectivity index (χ1) is 15.0. The van der Waals surface area contributed by atoms with Gasteiger partial charge in [0.05, 0.1) is 11.6 Å². The van der Waals surface area contributed by atoms with Crippen LogP contribution >= 0.6 is 0 Å². The third kappa shape index (κ3) is 4.74.